The molecule has 21 heavy (non-hydrogen) atoms. The molecule has 0 aliphatic rings. The Morgan fingerprint density at radius 2 is 2.00 bits per heavy atom. The first kappa shape index (κ1) is 14.0. The standard InChI is InChI=1S/C13H12N4O2S2/c1-2-18-12-16-14-10(21-12)8-20-13-17-15-11(19-13)9-6-4-3-5-7-9/h3-7H,2,8H2,1H3. The van der Waals surface area contributed by atoms with E-state index in [1.807, 2.05) is 37.3 Å². The number of rotatable bonds is 6. The molecule has 0 bridgehead atoms. The molecule has 108 valence electrons. The van der Waals surface area contributed by atoms with E-state index in [9.17, 15) is 0 Å². The second-order valence-corrected chi connectivity index (χ2v) is 5.87. The summed E-state index contributed by atoms with van der Waals surface area (Å²) in [7, 11) is 0. The van der Waals surface area contributed by atoms with Crippen LogP contribution in [0.3, 0.4) is 0 Å². The number of thioether (sulfide) groups is 1. The summed E-state index contributed by atoms with van der Waals surface area (Å²) in [6, 6.07) is 9.68. The van der Waals surface area contributed by atoms with E-state index >= 15 is 0 Å². The highest BCUT2D eigenvalue weighted by Gasteiger charge is 2.11. The van der Waals surface area contributed by atoms with Crippen LogP contribution in [0.25, 0.3) is 11.5 Å². The summed E-state index contributed by atoms with van der Waals surface area (Å²) < 4.78 is 10.9. The molecule has 3 rings (SSSR count). The van der Waals surface area contributed by atoms with E-state index in [2.05, 4.69) is 20.4 Å². The van der Waals surface area contributed by atoms with E-state index in [-0.39, 0.29) is 0 Å². The number of aromatic nitrogens is 4. The first-order valence-corrected chi connectivity index (χ1v) is 8.12. The van der Waals surface area contributed by atoms with Gasteiger partial charge in [-0.2, -0.15) is 0 Å². The highest BCUT2D eigenvalue weighted by Crippen LogP contribution is 2.28. The molecule has 0 aliphatic heterocycles. The number of nitrogens with zero attached hydrogens (tertiary/aromatic N) is 4. The van der Waals surface area contributed by atoms with E-state index in [0.717, 1.165) is 10.6 Å². The van der Waals surface area contributed by atoms with Gasteiger partial charge in [0, 0.05) is 5.56 Å². The van der Waals surface area contributed by atoms with Gasteiger partial charge in [-0.3, -0.25) is 0 Å². The Labute approximate surface area is 129 Å². The topological polar surface area (TPSA) is 73.9 Å². The second kappa shape index (κ2) is 6.68. The quantitative estimate of drug-likeness (QED) is 0.645. The maximum absolute atomic E-state index is 5.61. The minimum Gasteiger partial charge on any atom is -0.469 e. The summed E-state index contributed by atoms with van der Waals surface area (Å²) in [4.78, 5) is 0. The Hall–Kier alpha value is -1.93. The van der Waals surface area contributed by atoms with Crippen LogP contribution in [0.2, 0.25) is 0 Å². The van der Waals surface area contributed by atoms with Crippen LogP contribution in [0.5, 0.6) is 5.19 Å². The molecule has 0 atom stereocenters. The van der Waals surface area contributed by atoms with Gasteiger partial charge in [-0.05, 0) is 19.1 Å². The molecule has 3 aromatic rings. The van der Waals surface area contributed by atoms with Crippen LogP contribution >= 0.6 is 23.1 Å². The van der Waals surface area contributed by atoms with Crippen molar-refractivity contribution in [1.29, 1.82) is 0 Å². The second-order valence-electron chi connectivity index (χ2n) is 3.92. The first-order chi connectivity index (χ1) is 10.3. The van der Waals surface area contributed by atoms with Gasteiger partial charge in [0.2, 0.25) is 5.89 Å². The molecule has 0 saturated carbocycles. The fourth-order valence-corrected chi connectivity index (χ4v) is 3.06. The Bertz CT molecular complexity index is 699. The Morgan fingerprint density at radius 1 is 1.14 bits per heavy atom. The fraction of sp³-hybridized carbons (Fsp3) is 0.231. The van der Waals surface area contributed by atoms with E-state index < -0.39 is 0 Å². The van der Waals surface area contributed by atoms with Gasteiger partial charge in [0.1, 0.15) is 5.01 Å². The summed E-state index contributed by atoms with van der Waals surface area (Å²) in [5, 5.41) is 18.0. The molecule has 0 unspecified atom stereocenters. The van der Waals surface area contributed by atoms with Crippen LogP contribution < -0.4 is 4.74 Å². The van der Waals surface area contributed by atoms with E-state index in [1.165, 1.54) is 23.1 Å². The lowest BCUT2D eigenvalue weighted by Crippen LogP contribution is -1.89. The average Bonchev–Trinajstić information content (AvgIpc) is 3.16. The van der Waals surface area contributed by atoms with Gasteiger partial charge < -0.3 is 9.15 Å². The third-order valence-corrected chi connectivity index (χ3v) is 4.31. The lowest BCUT2D eigenvalue weighted by Gasteiger charge is -1.93. The fourth-order valence-electron chi connectivity index (χ4n) is 1.57. The number of hydrogen-bond donors (Lipinski definition) is 0. The van der Waals surface area contributed by atoms with Crippen molar-refractivity contribution in [1.82, 2.24) is 20.4 Å². The van der Waals surface area contributed by atoms with Gasteiger partial charge in [0.05, 0.1) is 12.4 Å². The Balaban J connectivity index is 1.62. The molecule has 1 aromatic carbocycles. The number of ether oxygens (including phenoxy) is 1. The van der Waals surface area contributed by atoms with Crippen molar-refractivity contribution < 1.29 is 9.15 Å². The summed E-state index contributed by atoms with van der Waals surface area (Å²) in [5.41, 5.74) is 0.909. The monoisotopic (exact) mass is 320 g/mol. The molecule has 0 radical (unpaired) electrons. The van der Waals surface area contributed by atoms with Crippen LogP contribution in [0, 0.1) is 0 Å². The van der Waals surface area contributed by atoms with Crippen molar-refractivity contribution in [2.45, 2.75) is 17.9 Å². The minimum absolute atomic E-state index is 0.516. The third-order valence-electron chi connectivity index (χ3n) is 2.46. The van der Waals surface area contributed by atoms with Crippen molar-refractivity contribution in [3.05, 3.63) is 35.3 Å². The largest absolute Gasteiger partial charge is 0.469 e. The van der Waals surface area contributed by atoms with Gasteiger partial charge in [-0.25, -0.2) is 0 Å². The van der Waals surface area contributed by atoms with E-state index in [1.54, 1.807) is 0 Å². The molecule has 8 heteroatoms. The molecule has 0 amide bonds. The van der Waals surface area contributed by atoms with Gasteiger partial charge in [0.15, 0.2) is 0 Å². The lowest BCUT2D eigenvalue weighted by atomic mass is 10.2. The van der Waals surface area contributed by atoms with Crippen LogP contribution in [-0.4, -0.2) is 27.0 Å². The zero-order chi connectivity index (χ0) is 14.5. The molecule has 0 fully saturated rings. The molecule has 0 saturated heterocycles. The zero-order valence-corrected chi connectivity index (χ0v) is 12.9. The normalized spacial score (nSPS) is 10.7. The zero-order valence-electron chi connectivity index (χ0n) is 11.2. The van der Waals surface area contributed by atoms with Crippen LogP contribution in [-0.2, 0) is 5.75 Å². The van der Waals surface area contributed by atoms with Crippen LogP contribution in [0.4, 0.5) is 0 Å². The summed E-state index contributed by atoms with van der Waals surface area (Å²) in [6.07, 6.45) is 0. The predicted molar refractivity (Wildman–Crippen MR) is 80.4 cm³/mol. The van der Waals surface area contributed by atoms with Gasteiger partial charge in [-0.15, -0.1) is 20.4 Å². The third kappa shape index (κ3) is 3.59. The van der Waals surface area contributed by atoms with Crippen molar-refractivity contribution in [2.75, 3.05) is 6.61 Å². The molecule has 6 nitrogen and oxygen atoms in total. The summed E-state index contributed by atoms with van der Waals surface area (Å²) >= 11 is 2.86. The van der Waals surface area contributed by atoms with Gasteiger partial charge in [0.25, 0.3) is 10.4 Å². The van der Waals surface area contributed by atoms with Crippen molar-refractivity contribution in [3.63, 3.8) is 0 Å². The maximum Gasteiger partial charge on any atom is 0.294 e. The number of hydrogen-bond acceptors (Lipinski definition) is 8. The molecular formula is C13H12N4O2S2. The van der Waals surface area contributed by atoms with Gasteiger partial charge in [-0.1, -0.05) is 41.3 Å². The van der Waals surface area contributed by atoms with Crippen LogP contribution in [0.1, 0.15) is 11.9 Å². The summed E-state index contributed by atoms with van der Waals surface area (Å²) in [6.45, 7) is 2.51. The van der Waals surface area contributed by atoms with E-state index in [4.69, 9.17) is 9.15 Å². The first-order valence-electron chi connectivity index (χ1n) is 6.32. The van der Waals surface area contributed by atoms with E-state index in [0.29, 0.717) is 28.7 Å². The molecule has 0 aliphatic carbocycles. The smallest absolute Gasteiger partial charge is 0.294 e. The highest BCUT2D eigenvalue weighted by atomic mass is 32.2. The summed E-state index contributed by atoms with van der Waals surface area (Å²) in [5.74, 6) is 1.15. The van der Waals surface area contributed by atoms with Crippen molar-refractivity contribution in [3.8, 4) is 16.6 Å². The van der Waals surface area contributed by atoms with Crippen LogP contribution in [0.15, 0.2) is 40.0 Å². The minimum atomic E-state index is 0.516. The molecular weight excluding hydrogens is 308 g/mol. The predicted octanol–water partition coefficient (Wildman–Crippen LogP) is 3.28. The molecule has 2 aromatic heterocycles. The van der Waals surface area contributed by atoms with Crippen molar-refractivity contribution >= 4 is 23.1 Å². The Morgan fingerprint density at radius 3 is 2.81 bits per heavy atom. The molecule has 2 heterocycles. The lowest BCUT2D eigenvalue weighted by molar-refractivity contribution is 0.335. The maximum atomic E-state index is 5.61. The average molecular weight is 320 g/mol. The van der Waals surface area contributed by atoms with Gasteiger partial charge >= 0.3 is 0 Å². The molecule has 0 spiro atoms. The molecule has 0 N–H and O–H groups in total. The Kier molecular flexibility index (Phi) is 4.46. The highest BCUT2D eigenvalue weighted by molar-refractivity contribution is 7.98. The SMILES string of the molecule is CCOc1nnc(CSc2nnc(-c3ccccc3)o2)s1. The van der Waals surface area contributed by atoms with Crippen molar-refractivity contribution in [2.24, 2.45) is 0 Å². The number of benzene rings is 1.